The highest BCUT2D eigenvalue weighted by Crippen LogP contribution is 2.51. The Morgan fingerprint density at radius 2 is 1.89 bits per heavy atom. The van der Waals surface area contributed by atoms with E-state index in [1.807, 2.05) is 0 Å². The summed E-state index contributed by atoms with van der Waals surface area (Å²) in [6, 6.07) is 1.77. The minimum absolute atomic E-state index is 0.219. The number of aromatic hydroxyl groups is 1. The predicted octanol–water partition coefficient (Wildman–Crippen LogP) is 1.23. The van der Waals surface area contributed by atoms with Gasteiger partial charge in [-0.25, -0.2) is 0 Å². The van der Waals surface area contributed by atoms with Crippen molar-refractivity contribution in [2.24, 2.45) is 0 Å². The van der Waals surface area contributed by atoms with Crippen LogP contribution in [0.2, 0.25) is 0 Å². The fraction of sp³-hybridized carbons (Fsp3) is 0.308. The average Bonchev–Trinajstić information content (AvgIpc) is 3.09. The van der Waals surface area contributed by atoms with Gasteiger partial charge in [-0.2, -0.15) is 5.10 Å². The number of nitrogens with zero attached hydrogens (tertiary/aromatic N) is 1. The molecule has 0 aliphatic carbocycles. The van der Waals surface area contributed by atoms with Gasteiger partial charge in [0, 0.05) is 35.6 Å². The van der Waals surface area contributed by atoms with Gasteiger partial charge in [0.2, 0.25) is 0 Å². The van der Waals surface area contributed by atoms with Gasteiger partial charge in [-0.3, -0.25) is 5.10 Å². The van der Waals surface area contributed by atoms with Gasteiger partial charge in [-0.15, -0.1) is 0 Å². The molecule has 6 heteroatoms. The molecule has 19 heavy (non-hydrogen) atoms. The third-order valence-corrected chi connectivity index (χ3v) is 3.64. The Hall–Kier alpha value is -2.37. The summed E-state index contributed by atoms with van der Waals surface area (Å²) < 4.78 is 11.2. The van der Waals surface area contributed by atoms with E-state index >= 15 is 0 Å². The number of phenolic OH excluding ortho intramolecular Hbond substituents is 1. The van der Waals surface area contributed by atoms with Crippen LogP contribution in [0.25, 0.3) is 11.3 Å². The molecule has 0 saturated heterocycles. The molecule has 0 amide bonds. The molecular formula is C13H13N3O3. The molecule has 4 rings (SSSR count). The minimum atomic E-state index is 0.219. The van der Waals surface area contributed by atoms with Gasteiger partial charge in [0.1, 0.15) is 11.6 Å². The van der Waals surface area contributed by atoms with Crippen LogP contribution in [0, 0.1) is 0 Å². The Morgan fingerprint density at radius 1 is 1.16 bits per heavy atom. The smallest absolute Gasteiger partial charge is 0.165 e. The zero-order chi connectivity index (χ0) is 13.0. The SMILES string of the molecule is Nc1cc(-c2c3c(c(O)c4c2OCC4)OCC3)[nH]n1. The standard InChI is InChI=1S/C13H13N3O3/c14-9-5-8(15-16-9)10-6-1-3-19-13(6)11(17)7-2-4-18-12(7)10/h5,17H,1-4H2,(H3,14,15,16). The first-order valence-corrected chi connectivity index (χ1v) is 6.23. The Bertz CT molecular complexity index is 643. The molecule has 1 aromatic heterocycles. The molecule has 98 valence electrons. The summed E-state index contributed by atoms with van der Waals surface area (Å²) in [5, 5.41) is 17.1. The van der Waals surface area contributed by atoms with E-state index in [2.05, 4.69) is 10.2 Å². The van der Waals surface area contributed by atoms with E-state index in [4.69, 9.17) is 15.2 Å². The van der Waals surface area contributed by atoms with Crippen LogP contribution in [-0.4, -0.2) is 28.5 Å². The number of nitrogen functional groups attached to an aromatic ring is 1. The number of aromatic amines is 1. The van der Waals surface area contributed by atoms with E-state index < -0.39 is 0 Å². The molecule has 0 atom stereocenters. The van der Waals surface area contributed by atoms with Gasteiger partial charge in [0.25, 0.3) is 0 Å². The molecule has 2 aromatic rings. The highest BCUT2D eigenvalue weighted by molar-refractivity contribution is 5.81. The normalized spacial score (nSPS) is 15.8. The van der Waals surface area contributed by atoms with E-state index in [-0.39, 0.29) is 5.75 Å². The van der Waals surface area contributed by atoms with Crippen molar-refractivity contribution in [1.29, 1.82) is 0 Å². The molecule has 2 aliphatic heterocycles. The summed E-state index contributed by atoms with van der Waals surface area (Å²) in [6.07, 6.45) is 1.43. The van der Waals surface area contributed by atoms with Crippen molar-refractivity contribution in [3.8, 4) is 28.5 Å². The molecule has 0 bridgehead atoms. The van der Waals surface area contributed by atoms with E-state index in [0.717, 1.165) is 34.6 Å². The van der Waals surface area contributed by atoms with Crippen molar-refractivity contribution in [1.82, 2.24) is 10.2 Å². The molecule has 6 nitrogen and oxygen atoms in total. The van der Waals surface area contributed by atoms with Crippen LogP contribution in [0.5, 0.6) is 17.2 Å². The summed E-state index contributed by atoms with van der Waals surface area (Å²) in [5.74, 6) is 1.96. The maximum Gasteiger partial charge on any atom is 0.165 e. The van der Waals surface area contributed by atoms with Gasteiger partial charge < -0.3 is 20.3 Å². The molecule has 0 saturated carbocycles. The van der Waals surface area contributed by atoms with Crippen LogP contribution < -0.4 is 15.2 Å². The Morgan fingerprint density at radius 3 is 2.63 bits per heavy atom. The molecule has 0 spiro atoms. The number of benzene rings is 1. The fourth-order valence-corrected chi connectivity index (χ4v) is 2.83. The number of phenols is 1. The quantitative estimate of drug-likeness (QED) is 0.716. The highest BCUT2D eigenvalue weighted by Gasteiger charge is 2.32. The van der Waals surface area contributed by atoms with Gasteiger partial charge in [0.15, 0.2) is 11.5 Å². The fourth-order valence-electron chi connectivity index (χ4n) is 2.83. The summed E-state index contributed by atoms with van der Waals surface area (Å²) in [5.41, 5.74) is 9.16. The van der Waals surface area contributed by atoms with Crippen molar-refractivity contribution in [2.75, 3.05) is 18.9 Å². The number of aromatic nitrogens is 2. The first kappa shape index (κ1) is 10.5. The van der Waals surface area contributed by atoms with E-state index in [0.29, 0.717) is 31.2 Å². The number of anilines is 1. The number of nitrogens with two attached hydrogens (primary N) is 1. The Labute approximate surface area is 109 Å². The van der Waals surface area contributed by atoms with Gasteiger partial charge >= 0.3 is 0 Å². The van der Waals surface area contributed by atoms with Crippen LogP contribution >= 0.6 is 0 Å². The Balaban J connectivity index is 2.05. The number of fused-ring (bicyclic) bond motifs is 2. The van der Waals surface area contributed by atoms with Gasteiger partial charge in [0.05, 0.1) is 18.9 Å². The zero-order valence-corrected chi connectivity index (χ0v) is 10.2. The van der Waals surface area contributed by atoms with Crippen molar-refractivity contribution < 1.29 is 14.6 Å². The number of H-pyrrole nitrogens is 1. The second kappa shape index (κ2) is 3.57. The summed E-state index contributed by atoms with van der Waals surface area (Å²) in [6.45, 7) is 1.14. The molecule has 3 heterocycles. The second-order valence-corrected chi connectivity index (χ2v) is 4.74. The minimum Gasteiger partial charge on any atom is -0.504 e. The number of rotatable bonds is 1. The largest absolute Gasteiger partial charge is 0.504 e. The number of ether oxygens (including phenoxy) is 2. The first-order valence-electron chi connectivity index (χ1n) is 6.23. The van der Waals surface area contributed by atoms with E-state index in [9.17, 15) is 5.11 Å². The van der Waals surface area contributed by atoms with Gasteiger partial charge in [-0.05, 0) is 0 Å². The van der Waals surface area contributed by atoms with Crippen molar-refractivity contribution in [3.05, 3.63) is 17.2 Å². The predicted molar refractivity (Wildman–Crippen MR) is 68.5 cm³/mol. The molecule has 0 fully saturated rings. The maximum atomic E-state index is 10.3. The molecule has 2 aliphatic rings. The van der Waals surface area contributed by atoms with Crippen LogP contribution in [0.15, 0.2) is 6.07 Å². The second-order valence-electron chi connectivity index (χ2n) is 4.74. The first-order chi connectivity index (χ1) is 9.25. The molecule has 0 radical (unpaired) electrons. The van der Waals surface area contributed by atoms with Crippen molar-refractivity contribution >= 4 is 5.82 Å². The molecule has 0 unspecified atom stereocenters. The lowest BCUT2D eigenvalue weighted by atomic mass is 9.96. The molecule has 1 aromatic carbocycles. The van der Waals surface area contributed by atoms with Gasteiger partial charge in [-0.1, -0.05) is 0 Å². The highest BCUT2D eigenvalue weighted by atomic mass is 16.5. The van der Waals surface area contributed by atoms with Crippen LogP contribution in [0.3, 0.4) is 0 Å². The van der Waals surface area contributed by atoms with Crippen molar-refractivity contribution in [2.45, 2.75) is 12.8 Å². The monoisotopic (exact) mass is 259 g/mol. The number of hydrogen-bond donors (Lipinski definition) is 3. The maximum absolute atomic E-state index is 10.3. The molecular weight excluding hydrogens is 246 g/mol. The van der Waals surface area contributed by atoms with Crippen molar-refractivity contribution in [3.63, 3.8) is 0 Å². The zero-order valence-electron chi connectivity index (χ0n) is 10.2. The van der Waals surface area contributed by atoms with Crippen LogP contribution in [-0.2, 0) is 12.8 Å². The Kier molecular flexibility index (Phi) is 1.98. The van der Waals surface area contributed by atoms with E-state index in [1.165, 1.54) is 0 Å². The van der Waals surface area contributed by atoms with E-state index in [1.54, 1.807) is 6.07 Å². The van der Waals surface area contributed by atoms with Crippen LogP contribution in [0.4, 0.5) is 5.82 Å². The third kappa shape index (κ3) is 1.34. The lowest BCUT2D eigenvalue weighted by Crippen LogP contribution is -1.93. The number of nitrogens with one attached hydrogen (secondary N) is 1. The number of hydrogen-bond acceptors (Lipinski definition) is 5. The third-order valence-electron chi connectivity index (χ3n) is 3.64. The van der Waals surface area contributed by atoms with Crippen LogP contribution in [0.1, 0.15) is 11.1 Å². The summed E-state index contributed by atoms with van der Waals surface area (Å²) >= 11 is 0. The summed E-state index contributed by atoms with van der Waals surface area (Å²) in [4.78, 5) is 0. The lowest BCUT2D eigenvalue weighted by Gasteiger charge is -2.13. The average molecular weight is 259 g/mol. The lowest BCUT2D eigenvalue weighted by molar-refractivity contribution is 0.333. The molecule has 4 N–H and O–H groups in total. The summed E-state index contributed by atoms with van der Waals surface area (Å²) in [7, 11) is 0. The topological polar surface area (TPSA) is 93.4 Å².